The van der Waals surface area contributed by atoms with Crippen LogP contribution in [-0.4, -0.2) is 49.8 Å². The van der Waals surface area contributed by atoms with E-state index in [1.54, 1.807) is 0 Å². The fourth-order valence-electron chi connectivity index (χ4n) is 2.58. The third-order valence-corrected chi connectivity index (χ3v) is 3.62. The average molecular weight is 263 g/mol. The lowest BCUT2D eigenvalue weighted by Gasteiger charge is -2.25. The van der Waals surface area contributed by atoms with Crippen molar-refractivity contribution < 1.29 is 4.74 Å². The second-order valence-electron chi connectivity index (χ2n) is 5.34. The monoisotopic (exact) mass is 263 g/mol. The highest BCUT2D eigenvalue weighted by atomic mass is 16.5. The van der Waals surface area contributed by atoms with Gasteiger partial charge in [0.05, 0.1) is 6.10 Å². The lowest BCUT2D eigenvalue weighted by Crippen LogP contribution is -2.32. The molecular weight excluding hydrogens is 238 g/mol. The molecule has 0 amide bonds. The Labute approximate surface area is 116 Å². The fourth-order valence-corrected chi connectivity index (χ4v) is 2.58. The number of anilines is 1. The third-order valence-electron chi connectivity index (χ3n) is 3.62. The zero-order valence-corrected chi connectivity index (χ0v) is 12.3. The number of rotatable bonds is 6. The van der Waals surface area contributed by atoms with E-state index in [0.29, 0.717) is 6.10 Å². The average Bonchev–Trinajstić information content (AvgIpc) is 2.91. The van der Waals surface area contributed by atoms with Gasteiger partial charge in [-0.3, -0.25) is 4.90 Å². The summed E-state index contributed by atoms with van der Waals surface area (Å²) in [5.41, 5.74) is 1.28. The van der Waals surface area contributed by atoms with E-state index in [4.69, 9.17) is 4.74 Å². The summed E-state index contributed by atoms with van der Waals surface area (Å²) in [6, 6.07) is 4.18. The van der Waals surface area contributed by atoms with Crippen molar-refractivity contribution in [2.45, 2.75) is 32.4 Å². The van der Waals surface area contributed by atoms with E-state index in [0.717, 1.165) is 32.1 Å². The van der Waals surface area contributed by atoms with E-state index < -0.39 is 0 Å². The van der Waals surface area contributed by atoms with Gasteiger partial charge in [-0.2, -0.15) is 0 Å². The first-order chi connectivity index (χ1) is 9.20. The molecule has 1 aromatic rings. The number of likely N-dealkylation sites (N-methyl/N-ethyl adjacent to an activating group) is 1. The molecule has 2 heterocycles. The maximum absolute atomic E-state index is 5.73. The van der Waals surface area contributed by atoms with Gasteiger partial charge in [-0.1, -0.05) is 13.0 Å². The van der Waals surface area contributed by atoms with Crippen molar-refractivity contribution >= 4 is 5.82 Å². The highest BCUT2D eigenvalue weighted by molar-refractivity contribution is 5.45. The van der Waals surface area contributed by atoms with Crippen LogP contribution in [0, 0.1) is 0 Å². The lowest BCUT2D eigenvalue weighted by molar-refractivity contribution is 0.0725. The van der Waals surface area contributed by atoms with Crippen molar-refractivity contribution in [3.05, 3.63) is 23.9 Å². The van der Waals surface area contributed by atoms with E-state index in [-0.39, 0.29) is 0 Å². The molecule has 0 spiro atoms. The summed E-state index contributed by atoms with van der Waals surface area (Å²) in [7, 11) is 4.09. The molecule has 19 heavy (non-hydrogen) atoms. The van der Waals surface area contributed by atoms with Crippen LogP contribution in [0.15, 0.2) is 18.3 Å². The number of hydrogen-bond acceptors (Lipinski definition) is 4. The molecule has 1 aliphatic rings. The minimum Gasteiger partial charge on any atom is -0.377 e. The van der Waals surface area contributed by atoms with Crippen LogP contribution in [0.5, 0.6) is 0 Å². The minimum absolute atomic E-state index is 0.416. The molecule has 1 atom stereocenters. The first kappa shape index (κ1) is 14.3. The van der Waals surface area contributed by atoms with Gasteiger partial charge >= 0.3 is 0 Å². The standard InChI is InChI=1S/C15H25N3O/c1-4-18(12-14-8-6-10-19-14)11-13-7-5-9-16-15(13)17(2)3/h5,7,9,14H,4,6,8,10-12H2,1-3H3/t14-/m1/s1. The summed E-state index contributed by atoms with van der Waals surface area (Å²) in [5.74, 6) is 1.06. The zero-order valence-electron chi connectivity index (χ0n) is 12.3. The summed E-state index contributed by atoms with van der Waals surface area (Å²) in [6.07, 6.45) is 4.68. The predicted octanol–water partition coefficient (Wildman–Crippen LogP) is 2.15. The summed E-state index contributed by atoms with van der Waals surface area (Å²) in [4.78, 5) is 8.99. The van der Waals surface area contributed by atoms with Gasteiger partial charge in [-0.05, 0) is 25.5 Å². The number of hydrogen-bond donors (Lipinski definition) is 0. The van der Waals surface area contributed by atoms with Gasteiger partial charge in [0.25, 0.3) is 0 Å². The first-order valence-corrected chi connectivity index (χ1v) is 7.16. The lowest BCUT2D eigenvalue weighted by atomic mass is 10.2. The number of ether oxygens (including phenoxy) is 1. The molecule has 0 unspecified atom stereocenters. The van der Waals surface area contributed by atoms with Crippen molar-refractivity contribution in [1.82, 2.24) is 9.88 Å². The molecule has 0 radical (unpaired) electrons. The molecule has 0 bridgehead atoms. The van der Waals surface area contributed by atoms with Crippen LogP contribution in [0.25, 0.3) is 0 Å². The van der Waals surface area contributed by atoms with Gasteiger partial charge in [-0.15, -0.1) is 0 Å². The molecule has 106 valence electrons. The molecule has 1 saturated heterocycles. The largest absolute Gasteiger partial charge is 0.377 e. The SMILES string of the molecule is CCN(Cc1cccnc1N(C)C)C[C@H]1CCCO1. The van der Waals surface area contributed by atoms with Crippen LogP contribution in [-0.2, 0) is 11.3 Å². The van der Waals surface area contributed by atoms with Crippen molar-refractivity contribution in [3.8, 4) is 0 Å². The van der Waals surface area contributed by atoms with Gasteiger partial charge in [-0.25, -0.2) is 4.98 Å². The Balaban J connectivity index is 2.01. The molecule has 2 rings (SSSR count). The van der Waals surface area contributed by atoms with Crippen molar-refractivity contribution in [2.24, 2.45) is 0 Å². The molecule has 1 fully saturated rings. The predicted molar refractivity (Wildman–Crippen MR) is 78.5 cm³/mol. The Morgan fingerprint density at radius 3 is 2.89 bits per heavy atom. The Kier molecular flexibility index (Phi) is 5.16. The summed E-state index contributed by atoms with van der Waals surface area (Å²) in [5, 5.41) is 0. The van der Waals surface area contributed by atoms with E-state index >= 15 is 0 Å². The molecule has 0 N–H and O–H groups in total. The van der Waals surface area contributed by atoms with E-state index in [1.165, 1.54) is 18.4 Å². The fraction of sp³-hybridized carbons (Fsp3) is 0.667. The van der Waals surface area contributed by atoms with Gasteiger partial charge in [0.1, 0.15) is 5.82 Å². The molecule has 0 aliphatic carbocycles. The molecular formula is C15H25N3O. The van der Waals surface area contributed by atoms with Crippen LogP contribution >= 0.6 is 0 Å². The Morgan fingerprint density at radius 1 is 1.42 bits per heavy atom. The van der Waals surface area contributed by atoms with E-state index in [9.17, 15) is 0 Å². The van der Waals surface area contributed by atoms with E-state index in [2.05, 4.69) is 27.8 Å². The number of nitrogens with zero attached hydrogens (tertiary/aromatic N) is 3. The normalized spacial score (nSPS) is 19.1. The van der Waals surface area contributed by atoms with Crippen molar-refractivity contribution in [3.63, 3.8) is 0 Å². The topological polar surface area (TPSA) is 28.6 Å². The van der Waals surface area contributed by atoms with Crippen LogP contribution in [0.1, 0.15) is 25.3 Å². The maximum atomic E-state index is 5.73. The van der Waals surface area contributed by atoms with Crippen LogP contribution < -0.4 is 4.90 Å². The van der Waals surface area contributed by atoms with Gasteiger partial charge < -0.3 is 9.64 Å². The maximum Gasteiger partial charge on any atom is 0.132 e. The molecule has 0 saturated carbocycles. The van der Waals surface area contributed by atoms with E-state index in [1.807, 2.05) is 26.4 Å². The molecule has 0 aromatic carbocycles. The van der Waals surface area contributed by atoms with Crippen molar-refractivity contribution in [2.75, 3.05) is 38.7 Å². The van der Waals surface area contributed by atoms with Gasteiger partial charge in [0.15, 0.2) is 0 Å². The van der Waals surface area contributed by atoms with Crippen LogP contribution in [0.4, 0.5) is 5.82 Å². The van der Waals surface area contributed by atoms with Crippen LogP contribution in [0.2, 0.25) is 0 Å². The summed E-state index contributed by atoms with van der Waals surface area (Å²) >= 11 is 0. The minimum atomic E-state index is 0.416. The van der Waals surface area contributed by atoms with Gasteiger partial charge in [0.2, 0.25) is 0 Å². The van der Waals surface area contributed by atoms with Gasteiger partial charge in [0, 0.05) is 45.6 Å². The highest BCUT2D eigenvalue weighted by Crippen LogP contribution is 2.19. The zero-order chi connectivity index (χ0) is 13.7. The highest BCUT2D eigenvalue weighted by Gasteiger charge is 2.19. The molecule has 1 aromatic heterocycles. The molecule has 4 nitrogen and oxygen atoms in total. The Bertz CT molecular complexity index is 389. The Morgan fingerprint density at radius 2 is 2.26 bits per heavy atom. The second kappa shape index (κ2) is 6.87. The van der Waals surface area contributed by atoms with Crippen molar-refractivity contribution in [1.29, 1.82) is 0 Å². The second-order valence-corrected chi connectivity index (χ2v) is 5.34. The van der Waals surface area contributed by atoms with Crippen LogP contribution in [0.3, 0.4) is 0 Å². The first-order valence-electron chi connectivity index (χ1n) is 7.16. The third kappa shape index (κ3) is 3.91. The summed E-state index contributed by atoms with van der Waals surface area (Å²) < 4.78 is 5.73. The number of pyridine rings is 1. The quantitative estimate of drug-likeness (QED) is 0.786. The molecule has 1 aliphatic heterocycles. The number of aromatic nitrogens is 1. The smallest absolute Gasteiger partial charge is 0.132 e. The summed E-state index contributed by atoms with van der Waals surface area (Å²) in [6.45, 7) is 6.15. The Hall–Kier alpha value is -1.13. The molecule has 4 heteroatoms.